The summed E-state index contributed by atoms with van der Waals surface area (Å²) in [5, 5.41) is 16.7. The molecule has 0 aromatic carbocycles. The standard InChI is InChI=1S/C11H14ClN3O3/c12-9-1-2-10(14-13-9)15-5-3-8(4-6-15)18-7-11(16)17/h1-2,8H,3-7H2,(H,16,17). The van der Waals surface area contributed by atoms with Crippen LogP contribution in [0.2, 0.25) is 5.15 Å². The molecule has 1 N–H and O–H groups in total. The van der Waals surface area contributed by atoms with Crippen molar-refractivity contribution in [2.75, 3.05) is 24.6 Å². The molecule has 0 spiro atoms. The molecule has 1 aromatic heterocycles. The zero-order valence-electron chi connectivity index (χ0n) is 9.75. The van der Waals surface area contributed by atoms with Gasteiger partial charge in [-0.25, -0.2) is 4.79 Å². The van der Waals surface area contributed by atoms with E-state index in [2.05, 4.69) is 15.1 Å². The second-order valence-electron chi connectivity index (χ2n) is 4.11. The summed E-state index contributed by atoms with van der Waals surface area (Å²) in [6, 6.07) is 3.53. The summed E-state index contributed by atoms with van der Waals surface area (Å²) in [6.45, 7) is 1.33. The van der Waals surface area contributed by atoms with E-state index in [1.165, 1.54) is 0 Å². The third-order valence-corrected chi connectivity index (χ3v) is 3.03. The van der Waals surface area contributed by atoms with Gasteiger partial charge >= 0.3 is 5.97 Å². The number of piperidine rings is 1. The lowest BCUT2D eigenvalue weighted by atomic mass is 10.1. The van der Waals surface area contributed by atoms with Gasteiger partial charge in [0.1, 0.15) is 6.61 Å². The highest BCUT2D eigenvalue weighted by atomic mass is 35.5. The summed E-state index contributed by atoms with van der Waals surface area (Å²) in [5.74, 6) is -0.142. The van der Waals surface area contributed by atoms with Crippen molar-refractivity contribution in [3.63, 3.8) is 0 Å². The highest BCUT2D eigenvalue weighted by Gasteiger charge is 2.21. The van der Waals surface area contributed by atoms with Crippen molar-refractivity contribution in [1.82, 2.24) is 10.2 Å². The highest BCUT2D eigenvalue weighted by Crippen LogP contribution is 2.19. The van der Waals surface area contributed by atoms with E-state index in [0.29, 0.717) is 5.15 Å². The molecule has 1 aliphatic rings. The number of hydrogen-bond donors (Lipinski definition) is 1. The summed E-state index contributed by atoms with van der Waals surface area (Å²) in [5.41, 5.74) is 0. The molecule has 1 fully saturated rings. The first kappa shape index (κ1) is 13.0. The van der Waals surface area contributed by atoms with Crippen LogP contribution in [0.3, 0.4) is 0 Å². The zero-order chi connectivity index (χ0) is 13.0. The van der Waals surface area contributed by atoms with E-state index in [1.807, 2.05) is 6.07 Å². The highest BCUT2D eigenvalue weighted by molar-refractivity contribution is 6.29. The van der Waals surface area contributed by atoms with Gasteiger partial charge in [0.15, 0.2) is 11.0 Å². The molecule has 0 aliphatic carbocycles. The summed E-state index contributed by atoms with van der Waals surface area (Å²) in [4.78, 5) is 12.5. The fraction of sp³-hybridized carbons (Fsp3) is 0.545. The van der Waals surface area contributed by atoms with Crippen LogP contribution in [0.4, 0.5) is 5.82 Å². The fourth-order valence-electron chi connectivity index (χ4n) is 1.92. The lowest BCUT2D eigenvalue weighted by Crippen LogP contribution is -2.38. The van der Waals surface area contributed by atoms with Crippen molar-refractivity contribution in [3.05, 3.63) is 17.3 Å². The number of rotatable bonds is 4. The maximum absolute atomic E-state index is 10.4. The summed E-state index contributed by atoms with van der Waals surface area (Å²) in [7, 11) is 0. The predicted molar refractivity (Wildman–Crippen MR) is 65.9 cm³/mol. The largest absolute Gasteiger partial charge is 0.480 e. The van der Waals surface area contributed by atoms with E-state index in [1.54, 1.807) is 6.07 Å². The lowest BCUT2D eigenvalue weighted by molar-refractivity contribution is -0.144. The molecule has 2 rings (SSSR count). The van der Waals surface area contributed by atoms with Crippen LogP contribution in [0.1, 0.15) is 12.8 Å². The van der Waals surface area contributed by atoms with E-state index >= 15 is 0 Å². The number of carbonyl (C=O) groups is 1. The van der Waals surface area contributed by atoms with Crippen molar-refractivity contribution in [1.29, 1.82) is 0 Å². The van der Waals surface area contributed by atoms with E-state index in [4.69, 9.17) is 21.4 Å². The topological polar surface area (TPSA) is 75.6 Å². The Morgan fingerprint density at radius 1 is 1.44 bits per heavy atom. The summed E-state index contributed by atoms with van der Waals surface area (Å²) in [6.07, 6.45) is 1.59. The molecular weight excluding hydrogens is 258 g/mol. The van der Waals surface area contributed by atoms with Crippen molar-refractivity contribution >= 4 is 23.4 Å². The van der Waals surface area contributed by atoms with Gasteiger partial charge in [0, 0.05) is 13.1 Å². The molecule has 0 amide bonds. The Bertz CT molecular complexity index is 404. The van der Waals surface area contributed by atoms with Gasteiger partial charge in [0.25, 0.3) is 0 Å². The Morgan fingerprint density at radius 3 is 2.72 bits per heavy atom. The predicted octanol–water partition coefficient (Wildman–Crippen LogP) is 1.20. The van der Waals surface area contributed by atoms with Crippen LogP contribution in [-0.4, -0.2) is 47.1 Å². The Labute approximate surface area is 110 Å². The molecule has 0 saturated carbocycles. The van der Waals surface area contributed by atoms with Crippen LogP contribution in [0, 0.1) is 0 Å². The van der Waals surface area contributed by atoms with Crippen LogP contribution in [-0.2, 0) is 9.53 Å². The van der Waals surface area contributed by atoms with Gasteiger partial charge in [-0.2, -0.15) is 0 Å². The first-order valence-electron chi connectivity index (χ1n) is 5.73. The van der Waals surface area contributed by atoms with Crippen LogP contribution >= 0.6 is 11.6 Å². The number of ether oxygens (including phenoxy) is 1. The maximum atomic E-state index is 10.4. The molecule has 6 nitrogen and oxygen atoms in total. The molecule has 1 saturated heterocycles. The Kier molecular flexibility index (Phi) is 4.33. The summed E-state index contributed by atoms with van der Waals surface area (Å²) < 4.78 is 5.26. The lowest BCUT2D eigenvalue weighted by Gasteiger charge is -2.32. The number of halogens is 1. The second-order valence-corrected chi connectivity index (χ2v) is 4.49. The van der Waals surface area contributed by atoms with E-state index in [-0.39, 0.29) is 12.7 Å². The van der Waals surface area contributed by atoms with E-state index < -0.39 is 5.97 Å². The van der Waals surface area contributed by atoms with Gasteiger partial charge in [-0.05, 0) is 25.0 Å². The molecule has 18 heavy (non-hydrogen) atoms. The monoisotopic (exact) mass is 271 g/mol. The van der Waals surface area contributed by atoms with Gasteiger partial charge in [0.2, 0.25) is 0 Å². The minimum atomic E-state index is -0.930. The van der Waals surface area contributed by atoms with Crippen LogP contribution in [0.25, 0.3) is 0 Å². The number of carboxylic acids is 1. The van der Waals surface area contributed by atoms with E-state index in [0.717, 1.165) is 31.7 Å². The van der Waals surface area contributed by atoms with Gasteiger partial charge in [-0.15, -0.1) is 10.2 Å². The maximum Gasteiger partial charge on any atom is 0.329 e. The molecule has 1 aromatic rings. The number of hydrogen-bond acceptors (Lipinski definition) is 5. The minimum Gasteiger partial charge on any atom is -0.480 e. The average Bonchev–Trinajstić information content (AvgIpc) is 2.38. The Morgan fingerprint density at radius 2 is 2.17 bits per heavy atom. The minimum absolute atomic E-state index is 0.0117. The Hall–Kier alpha value is -1.40. The molecule has 0 radical (unpaired) electrons. The number of nitrogens with zero attached hydrogens (tertiary/aromatic N) is 3. The smallest absolute Gasteiger partial charge is 0.329 e. The zero-order valence-corrected chi connectivity index (χ0v) is 10.5. The molecule has 98 valence electrons. The van der Waals surface area contributed by atoms with Crippen LogP contribution in [0.5, 0.6) is 0 Å². The molecule has 0 bridgehead atoms. The summed E-state index contributed by atoms with van der Waals surface area (Å²) >= 11 is 5.68. The molecule has 0 unspecified atom stereocenters. The van der Waals surface area contributed by atoms with Gasteiger partial charge < -0.3 is 14.7 Å². The molecule has 1 aliphatic heterocycles. The SMILES string of the molecule is O=C(O)COC1CCN(c2ccc(Cl)nn2)CC1. The molecular formula is C11H14ClN3O3. The van der Waals surface area contributed by atoms with Gasteiger partial charge in [-0.1, -0.05) is 11.6 Å². The van der Waals surface area contributed by atoms with Crippen LogP contribution in [0.15, 0.2) is 12.1 Å². The number of aliphatic carboxylic acids is 1. The second kappa shape index (κ2) is 5.97. The van der Waals surface area contributed by atoms with Crippen molar-refractivity contribution in [2.24, 2.45) is 0 Å². The van der Waals surface area contributed by atoms with Crippen molar-refractivity contribution < 1.29 is 14.6 Å². The van der Waals surface area contributed by atoms with Crippen molar-refractivity contribution in [3.8, 4) is 0 Å². The normalized spacial score (nSPS) is 16.8. The van der Waals surface area contributed by atoms with E-state index in [9.17, 15) is 4.79 Å². The molecule has 0 atom stereocenters. The third kappa shape index (κ3) is 3.54. The van der Waals surface area contributed by atoms with Crippen LogP contribution < -0.4 is 4.90 Å². The molecule has 7 heteroatoms. The van der Waals surface area contributed by atoms with Gasteiger partial charge in [-0.3, -0.25) is 0 Å². The van der Waals surface area contributed by atoms with Gasteiger partial charge in [0.05, 0.1) is 6.10 Å². The molecule has 2 heterocycles. The van der Waals surface area contributed by atoms with Crippen molar-refractivity contribution in [2.45, 2.75) is 18.9 Å². The first-order valence-corrected chi connectivity index (χ1v) is 6.10. The number of anilines is 1. The first-order chi connectivity index (χ1) is 8.65. The number of aromatic nitrogens is 2. The average molecular weight is 272 g/mol. The quantitative estimate of drug-likeness (QED) is 0.887. The Balaban J connectivity index is 1.83. The fourth-order valence-corrected chi connectivity index (χ4v) is 2.02. The third-order valence-electron chi connectivity index (χ3n) is 2.83. The number of carboxylic acid groups (broad SMARTS) is 1.